The van der Waals surface area contributed by atoms with E-state index in [0.29, 0.717) is 19.1 Å². The minimum Gasteiger partial charge on any atom is -0.382 e. The number of para-hydroxylation sites is 2. The van der Waals surface area contributed by atoms with Crippen molar-refractivity contribution in [3.63, 3.8) is 0 Å². The minimum atomic E-state index is -0.147. The molecule has 1 heterocycles. The molecule has 2 rings (SSSR count). The van der Waals surface area contributed by atoms with Crippen LogP contribution in [0.4, 0.5) is 11.4 Å². The van der Waals surface area contributed by atoms with Gasteiger partial charge in [-0.15, -0.1) is 0 Å². The van der Waals surface area contributed by atoms with E-state index in [1.807, 2.05) is 0 Å². The van der Waals surface area contributed by atoms with Gasteiger partial charge in [0.1, 0.15) is 0 Å². The maximum Gasteiger partial charge on any atom is 0.0780 e. The third kappa shape index (κ3) is 2.38. The lowest BCUT2D eigenvalue weighted by Gasteiger charge is -2.51. The first kappa shape index (κ1) is 15.1. The normalized spacial score (nSPS) is 18.1. The van der Waals surface area contributed by atoms with Crippen LogP contribution in [0.15, 0.2) is 24.3 Å². The predicted molar refractivity (Wildman–Crippen MR) is 85.6 cm³/mol. The monoisotopic (exact) mass is 277 g/mol. The fraction of sp³-hybridized carbons (Fsp3) is 0.625. The molecule has 2 N–H and O–H groups in total. The SMILES string of the molecule is COCC(CN)(C(C)C)N1CCN(C)c2ccccc21. The topological polar surface area (TPSA) is 41.7 Å². The van der Waals surface area contributed by atoms with Gasteiger partial charge >= 0.3 is 0 Å². The minimum absolute atomic E-state index is 0.147. The van der Waals surface area contributed by atoms with E-state index in [2.05, 4.69) is 55.0 Å². The molecule has 1 aliphatic heterocycles. The molecule has 0 saturated carbocycles. The average molecular weight is 277 g/mol. The Bertz CT molecular complexity index is 449. The molecule has 0 bridgehead atoms. The molecule has 0 saturated heterocycles. The first-order valence-corrected chi connectivity index (χ1v) is 7.33. The Morgan fingerprint density at radius 3 is 2.45 bits per heavy atom. The smallest absolute Gasteiger partial charge is 0.0780 e. The second kappa shape index (κ2) is 6.02. The van der Waals surface area contributed by atoms with Crippen LogP contribution < -0.4 is 15.5 Å². The molecular weight excluding hydrogens is 250 g/mol. The summed E-state index contributed by atoms with van der Waals surface area (Å²) in [4.78, 5) is 4.76. The molecule has 0 spiro atoms. The zero-order valence-corrected chi connectivity index (χ0v) is 13.1. The van der Waals surface area contributed by atoms with E-state index >= 15 is 0 Å². The van der Waals surface area contributed by atoms with Gasteiger partial charge in [0.05, 0.1) is 23.5 Å². The lowest BCUT2D eigenvalue weighted by atomic mass is 9.84. The molecule has 112 valence electrons. The molecule has 4 nitrogen and oxygen atoms in total. The largest absolute Gasteiger partial charge is 0.382 e. The Balaban J connectivity index is 2.47. The highest BCUT2D eigenvalue weighted by Crippen LogP contribution is 2.38. The van der Waals surface area contributed by atoms with E-state index in [1.165, 1.54) is 11.4 Å². The molecule has 20 heavy (non-hydrogen) atoms. The van der Waals surface area contributed by atoms with Crippen LogP contribution in [0.5, 0.6) is 0 Å². The molecule has 1 aromatic rings. The maximum absolute atomic E-state index is 6.18. The first-order chi connectivity index (χ1) is 9.56. The Morgan fingerprint density at radius 1 is 1.25 bits per heavy atom. The maximum atomic E-state index is 6.18. The fourth-order valence-corrected chi connectivity index (χ4v) is 3.18. The summed E-state index contributed by atoms with van der Waals surface area (Å²) in [5.74, 6) is 0.420. The molecule has 0 fully saturated rings. The van der Waals surface area contributed by atoms with E-state index in [1.54, 1.807) is 7.11 Å². The van der Waals surface area contributed by atoms with Gasteiger partial charge in [-0.05, 0) is 18.1 Å². The number of ether oxygens (including phenoxy) is 1. The van der Waals surface area contributed by atoms with Crippen LogP contribution in [0.25, 0.3) is 0 Å². The predicted octanol–water partition coefficient (Wildman–Crippen LogP) is 1.94. The number of rotatable bonds is 5. The van der Waals surface area contributed by atoms with Gasteiger partial charge in [0.25, 0.3) is 0 Å². The number of methoxy groups -OCH3 is 1. The summed E-state index contributed by atoms with van der Waals surface area (Å²) < 4.78 is 5.52. The van der Waals surface area contributed by atoms with Gasteiger partial charge in [-0.2, -0.15) is 0 Å². The van der Waals surface area contributed by atoms with Crippen LogP contribution in [-0.2, 0) is 4.74 Å². The van der Waals surface area contributed by atoms with Gasteiger partial charge < -0.3 is 20.3 Å². The highest BCUT2D eigenvalue weighted by Gasteiger charge is 2.41. The summed E-state index contributed by atoms with van der Waals surface area (Å²) in [6.45, 7) is 7.69. The van der Waals surface area contributed by atoms with Crippen LogP contribution in [0.1, 0.15) is 13.8 Å². The van der Waals surface area contributed by atoms with E-state index in [4.69, 9.17) is 10.5 Å². The number of hydrogen-bond donors (Lipinski definition) is 1. The summed E-state index contributed by atoms with van der Waals surface area (Å²) in [6, 6.07) is 8.55. The van der Waals surface area contributed by atoms with Crippen LogP contribution >= 0.6 is 0 Å². The summed E-state index contributed by atoms with van der Waals surface area (Å²) in [5, 5.41) is 0. The Morgan fingerprint density at radius 2 is 1.90 bits per heavy atom. The number of fused-ring (bicyclic) bond motifs is 1. The standard InChI is InChI=1S/C16H27N3O/c1-13(2)16(11-17,12-20-4)19-10-9-18(3)14-7-5-6-8-15(14)19/h5-8,13H,9-12,17H2,1-4H3. The number of benzene rings is 1. The van der Waals surface area contributed by atoms with Crippen molar-refractivity contribution < 1.29 is 4.74 Å². The highest BCUT2D eigenvalue weighted by atomic mass is 16.5. The van der Waals surface area contributed by atoms with Gasteiger partial charge in [-0.25, -0.2) is 0 Å². The zero-order valence-electron chi connectivity index (χ0n) is 13.1. The molecule has 0 aliphatic carbocycles. The van der Waals surface area contributed by atoms with Gasteiger partial charge in [-0.1, -0.05) is 26.0 Å². The molecule has 0 aromatic heterocycles. The third-order valence-corrected chi connectivity index (χ3v) is 4.60. The molecule has 1 aromatic carbocycles. The van der Waals surface area contributed by atoms with Crippen LogP contribution in [0.2, 0.25) is 0 Å². The Labute approximate surface area is 122 Å². The lowest BCUT2D eigenvalue weighted by Crippen LogP contribution is -2.63. The molecule has 1 aliphatic rings. The Hall–Kier alpha value is -1.26. The number of anilines is 2. The van der Waals surface area contributed by atoms with Crippen molar-refractivity contribution >= 4 is 11.4 Å². The molecule has 4 heteroatoms. The third-order valence-electron chi connectivity index (χ3n) is 4.60. The van der Waals surface area contributed by atoms with Crippen molar-refractivity contribution in [3.05, 3.63) is 24.3 Å². The van der Waals surface area contributed by atoms with E-state index in [0.717, 1.165) is 13.1 Å². The average Bonchev–Trinajstić information content (AvgIpc) is 2.46. The Kier molecular flexibility index (Phi) is 4.55. The van der Waals surface area contributed by atoms with Crippen molar-refractivity contribution in [3.8, 4) is 0 Å². The number of likely N-dealkylation sites (N-methyl/N-ethyl adjacent to an activating group) is 1. The molecule has 0 radical (unpaired) electrons. The van der Waals surface area contributed by atoms with Crippen molar-refractivity contribution in [2.75, 3.05) is 50.2 Å². The van der Waals surface area contributed by atoms with Crippen LogP contribution in [-0.4, -0.2) is 45.9 Å². The second-order valence-electron chi connectivity index (χ2n) is 5.96. The zero-order chi connectivity index (χ0) is 14.8. The van der Waals surface area contributed by atoms with E-state index < -0.39 is 0 Å². The fourth-order valence-electron chi connectivity index (χ4n) is 3.18. The van der Waals surface area contributed by atoms with E-state index in [9.17, 15) is 0 Å². The number of hydrogen-bond acceptors (Lipinski definition) is 4. The van der Waals surface area contributed by atoms with Crippen molar-refractivity contribution in [1.82, 2.24) is 0 Å². The van der Waals surface area contributed by atoms with Crippen LogP contribution in [0.3, 0.4) is 0 Å². The van der Waals surface area contributed by atoms with Gasteiger partial charge in [-0.3, -0.25) is 0 Å². The highest BCUT2D eigenvalue weighted by molar-refractivity contribution is 5.74. The molecule has 1 atom stereocenters. The quantitative estimate of drug-likeness (QED) is 0.893. The van der Waals surface area contributed by atoms with Crippen LogP contribution in [0, 0.1) is 5.92 Å². The number of nitrogens with zero attached hydrogens (tertiary/aromatic N) is 2. The summed E-state index contributed by atoms with van der Waals surface area (Å²) in [5.41, 5.74) is 8.57. The van der Waals surface area contributed by atoms with Crippen molar-refractivity contribution in [2.24, 2.45) is 11.7 Å². The summed E-state index contributed by atoms with van der Waals surface area (Å²) in [7, 11) is 3.90. The van der Waals surface area contributed by atoms with Gasteiger partial charge in [0.15, 0.2) is 0 Å². The van der Waals surface area contributed by atoms with Crippen molar-refractivity contribution in [2.45, 2.75) is 19.4 Å². The molecule has 1 unspecified atom stereocenters. The molecule has 0 amide bonds. The lowest BCUT2D eigenvalue weighted by molar-refractivity contribution is 0.102. The first-order valence-electron chi connectivity index (χ1n) is 7.33. The van der Waals surface area contributed by atoms with Crippen molar-refractivity contribution in [1.29, 1.82) is 0 Å². The second-order valence-corrected chi connectivity index (χ2v) is 5.96. The molecular formula is C16H27N3O. The van der Waals surface area contributed by atoms with E-state index in [-0.39, 0.29) is 5.54 Å². The number of nitrogens with two attached hydrogens (primary N) is 1. The summed E-state index contributed by atoms with van der Waals surface area (Å²) >= 11 is 0. The summed E-state index contributed by atoms with van der Waals surface area (Å²) in [6.07, 6.45) is 0. The van der Waals surface area contributed by atoms with Gasteiger partial charge in [0.2, 0.25) is 0 Å². The van der Waals surface area contributed by atoms with Gasteiger partial charge in [0, 0.05) is 33.8 Å².